The van der Waals surface area contributed by atoms with E-state index < -0.39 is 0 Å². The molecule has 1 heterocycles. The van der Waals surface area contributed by atoms with Gasteiger partial charge in [-0.1, -0.05) is 49.7 Å². The maximum atomic E-state index is 12.7. The molecule has 0 fully saturated rings. The quantitative estimate of drug-likeness (QED) is 0.277. The third-order valence-corrected chi connectivity index (χ3v) is 5.53. The second kappa shape index (κ2) is 9.17. The zero-order valence-corrected chi connectivity index (χ0v) is 18.4. The van der Waals surface area contributed by atoms with E-state index in [0.717, 1.165) is 46.0 Å². The van der Waals surface area contributed by atoms with E-state index in [9.17, 15) is 4.79 Å². The smallest absolute Gasteiger partial charge is 0.255 e. The molecule has 4 aromatic carbocycles. The molecular weight excluding hydrogens is 412 g/mol. The van der Waals surface area contributed by atoms with E-state index in [0.29, 0.717) is 23.7 Å². The fraction of sp³-hybridized carbons (Fsp3) is 0.143. The number of aromatic nitrogens is 1. The molecule has 0 saturated heterocycles. The number of rotatable bonds is 7. The van der Waals surface area contributed by atoms with E-state index in [1.54, 1.807) is 12.1 Å². The molecule has 5 heteroatoms. The van der Waals surface area contributed by atoms with E-state index in [4.69, 9.17) is 14.1 Å². The molecule has 0 atom stereocenters. The van der Waals surface area contributed by atoms with E-state index in [1.165, 1.54) is 0 Å². The topological polar surface area (TPSA) is 64.4 Å². The van der Waals surface area contributed by atoms with Crippen molar-refractivity contribution in [2.75, 3.05) is 11.9 Å². The molecule has 0 saturated carbocycles. The van der Waals surface area contributed by atoms with Gasteiger partial charge < -0.3 is 14.5 Å². The van der Waals surface area contributed by atoms with Gasteiger partial charge in [-0.2, -0.15) is 0 Å². The average molecular weight is 437 g/mol. The number of carbonyl (C=O) groups is 1. The van der Waals surface area contributed by atoms with Crippen molar-refractivity contribution in [1.82, 2.24) is 4.98 Å². The van der Waals surface area contributed by atoms with E-state index in [2.05, 4.69) is 18.3 Å². The largest absolute Gasteiger partial charge is 0.494 e. The molecule has 1 N–H and O–H groups in total. The molecule has 1 aromatic heterocycles. The van der Waals surface area contributed by atoms with Crippen molar-refractivity contribution in [2.24, 2.45) is 0 Å². The van der Waals surface area contributed by atoms with Crippen LogP contribution in [-0.4, -0.2) is 17.5 Å². The number of carbonyl (C=O) groups excluding carboxylic acids is 1. The molecule has 1 amide bonds. The van der Waals surface area contributed by atoms with Gasteiger partial charge in [-0.15, -0.1) is 0 Å². The zero-order valence-electron chi connectivity index (χ0n) is 18.4. The van der Waals surface area contributed by atoms with Gasteiger partial charge in [0, 0.05) is 22.2 Å². The van der Waals surface area contributed by atoms with Gasteiger partial charge in [0.1, 0.15) is 11.3 Å². The Morgan fingerprint density at radius 3 is 2.67 bits per heavy atom. The summed E-state index contributed by atoms with van der Waals surface area (Å²) in [6.07, 6.45) is 2.09. The van der Waals surface area contributed by atoms with Crippen LogP contribution >= 0.6 is 0 Å². The molecule has 5 nitrogen and oxygen atoms in total. The first-order valence-electron chi connectivity index (χ1n) is 11.1. The first-order chi connectivity index (χ1) is 16.2. The van der Waals surface area contributed by atoms with Crippen molar-refractivity contribution in [3.8, 4) is 17.2 Å². The van der Waals surface area contributed by atoms with Crippen LogP contribution in [0.25, 0.3) is 33.3 Å². The van der Waals surface area contributed by atoms with E-state index in [-0.39, 0.29) is 5.91 Å². The summed E-state index contributed by atoms with van der Waals surface area (Å²) in [6, 6.07) is 26.8. The predicted molar refractivity (Wildman–Crippen MR) is 132 cm³/mol. The van der Waals surface area contributed by atoms with Gasteiger partial charge in [0.25, 0.3) is 5.91 Å². The monoisotopic (exact) mass is 436 g/mol. The Bertz CT molecular complexity index is 1420. The number of nitrogens with zero attached hydrogens (tertiary/aromatic N) is 1. The summed E-state index contributed by atoms with van der Waals surface area (Å²) in [6.45, 7) is 2.80. The lowest BCUT2D eigenvalue weighted by molar-refractivity contribution is 0.102. The van der Waals surface area contributed by atoms with Crippen molar-refractivity contribution in [3.05, 3.63) is 90.5 Å². The summed E-state index contributed by atoms with van der Waals surface area (Å²) in [5.41, 5.74) is 3.61. The maximum Gasteiger partial charge on any atom is 0.255 e. The predicted octanol–water partition coefficient (Wildman–Crippen LogP) is 7.08. The normalized spacial score (nSPS) is 11.1. The van der Waals surface area contributed by atoms with Gasteiger partial charge in [-0.25, -0.2) is 4.98 Å². The lowest BCUT2D eigenvalue weighted by atomic mass is 10.1. The summed E-state index contributed by atoms with van der Waals surface area (Å²) in [7, 11) is 0. The number of oxazole rings is 1. The Hall–Kier alpha value is -4.12. The highest BCUT2D eigenvalue weighted by Gasteiger charge is 2.12. The summed E-state index contributed by atoms with van der Waals surface area (Å²) < 4.78 is 11.7. The minimum absolute atomic E-state index is 0.184. The van der Waals surface area contributed by atoms with Gasteiger partial charge in [-0.3, -0.25) is 4.79 Å². The van der Waals surface area contributed by atoms with Crippen LogP contribution in [0.2, 0.25) is 0 Å². The highest BCUT2D eigenvalue weighted by atomic mass is 16.5. The highest BCUT2D eigenvalue weighted by Crippen LogP contribution is 2.30. The zero-order chi connectivity index (χ0) is 22.6. The third-order valence-electron chi connectivity index (χ3n) is 5.53. The van der Waals surface area contributed by atoms with Gasteiger partial charge in [0.2, 0.25) is 5.89 Å². The number of hydrogen-bond donors (Lipinski definition) is 1. The molecule has 5 rings (SSSR count). The van der Waals surface area contributed by atoms with Crippen LogP contribution in [-0.2, 0) is 0 Å². The van der Waals surface area contributed by atoms with Gasteiger partial charge in [0.15, 0.2) is 5.58 Å². The van der Waals surface area contributed by atoms with Crippen molar-refractivity contribution in [1.29, 1.82) is 0 Å². The fourth-order valence-corrected chi connectivity index (χ4v) is 3.75. The lowest BCUT2D eigenvalue weighted by Gasteiger charge is -2.08. The first kappa shape index (κ1) is 20.8. The van der Waals surface area contributed by atoms with Gasteiger partial charge >= 0.3 is 0 Å². The van der Waals surface area contributed by atoms with Crippen molar-refractivity contribution in [2.45, 2.75) is 19.8 Å². The number of nitrogens with one attached hydrogen (secondary N) is 1. The number of unbranched alkanes of at least 4 members (excludes halogenated alkanes) is 1. The fourth-order valence-electron chi connectivity index (χ4n) is 3.75. The highest BCUT2D eigenvalue weighted by molar-refractivity contribution is 6.05. The number of fused-ring (bicyclic) bond motifs is 3. The average Bonchev–Trinajstić information content (AvgIpc) is 3.30. The maximum absolute atomic E-state index is 12.7. The molecule has 33 heavy (non-hydrogen) atoms. The Labute approximate surface area is 192 Å². The SMILES string of the molecule is CCCCOc1ccc(C(=O)Nc2cccc(-c3nc4c(ccc5ccccc54)o3)c2)cc1. The Morgan fingerprint density at radius 2 is 1.82 bits per heavy atom. The van der Waals surface area contributed by atoms with E-state index in [1.807, 2.05) is 66.7 Å². The molecule has 0 unspecified atom stereocenters. The summed E-state index contributed by atoms with van der Waals surface area (Å²) in [4.78, 5) is 17.5. The summed E-state index contributed by atoms with van der Waals surface area (Å²) >= 11 is 0. The van der Waals surface area contributed by atoms with Crippen molar-refractivity contribution >= 4 is 33.5 Å². The van der Waals surface area contributed by atoms with Crippen LogP contribution in [0.3, 0.4) is 0 Å². The summed E-state index contributed by atoms with van der Waals surface area (Å²) in [5, 5.41) is 5.12. The number of ether oxygens (including phenoxy) is 1. The molecule has 164 valence electrons. The standard InChI is InChI=1S/C28H24N2O3/c1-2-3-17-32-23-14-11-20(12-15-23)27(31)29-22-9-6-8-21(18-22)28-30-26-24-10-5-4-7-19(24)13-16-25(26)33-28/h4-16,18H,2-3,17H2,1H3,(H,29,31). The minimum Gasteiger partial charge on any atom is -0.494 e. The molecule has 0 aliphatic heterocycles. The molecule has 0 bridgehead atoms. The Morgan fingerprint density at radius 1 is 0.970 bits per heavy atom. The van der Waals surface area contributed by atoms with Crippen LogP contribution in [0.1, 0.15) is 30.1 Å². The Balaban J connectivity index is 1.35. The summed E-state index contributed by atoms with van der Waals surface area (Å²) in [5.74, 6) is 1.10. The molecule has 5 aromatic rings. The van der Waals surface area contributed by atoms with Crippen LogP contribution in [0.4, 0.5) is 5.69 Å². The second-order valence-electron chi connectivity index (χ2n) is 7.91. The first-order valence-corrected chi connectivity index (χ1v) is 11.1. The van der Waals surface area contributed by atoms with Crippen LogP contribution in [0, 0.1) is 0 Å². The minimum atomic E-state index is -0.184. The number of amides is 1. The van der Waals surface area contributed by atoms with E-state index >= 15 is 0 Å². The van der Waals surface area contributed by atoms with Crippen LogP contribution in [0.5, 0.6) is 5.75 Å². The number of hydrogen-bond acceptors (Lipinski definition) is 4. The number of benzene rings is 4. The third kappa shape index (κ3) is 4.44. The van der Waals surface area contributed by atoms with Crippen LogP contribution < -0.4 is 10.1 Å². The Kier molecular flexibility index (Phi) is 5.77. The molecular formula is C28H24N2O3. The van der Waals surface area contributed by atoms with Gasteiger partial charge in [-0.05, 0) is 60.3 Å². The second-order valence-corrected chi connectivity index (χ2v) is 7.91. The number of anilines is 1. The molecule has 0 radical (unpaired) electrons. The van der Waals surface area contributed by atoms with Crippen molar-refractivity contribution < 1.29 is 13.9 Å². The van der Waals surface area contributed by atoms with Gasteiger partial charge in [0.05, 0.1) is 6.61 Å². The van der Waals surface area contributed by atoms with Crippen molar-refractivity contribution in [3.63, 3.8) is 0 Å². The lowest BCUT2D eigenvalue weighted by Crippen LogP contribution is -2.11. The molecule has 0 spiro atoms. The van der Waals surface area contributed by atoms with Crippen LogP contribution in [0.15, 0.2) is 89.3 Å². The molecule has 0 aliphatic carbocycles. The molecule has 0 aliphatic rings.